The summed E-state index contributed by atoms with van der Waals surface area (Å²) < 4.78 is 0. The molecule has 0 radical (unpaired) electrons. The van der Waals surface area contributed by atoms with E-state index in [-0.39, 0.29) is 0 Å². The monoisotopic (exact) mass is 251 g/mol. The maximum Gasteiger partial charge on any atom is 0.224 e. The molecule has 8 heteroatoms. The first-order chi connectivity index (χ1) is 8.38. The van der Waals surface area contributed by atoms with Crippen molar-refractivity contribution in [1.29, 1.82) is 0 Å². The molecule has 0 aliphatic carbocycles. The third-order valence-electron chi connectivity index (χ3n) is 1.93. The number of rotatable bonds is 6. The van der Waals surface area contributed by atoms with Crippen molar-refractivity contribution in [3.63, 3.8) is 0 Å². The van der Waals surface area contributed by atoms with Crippen LogP contribution in [0.25, 0.3) is 0 Å². The highest BCUT2D eigenvalue weighted by atomic mass is 32.2. The third-order valence-corrected chi connectivity index (χ3v) is 2.81. The van der Waals surface area contributed by atoms with Crippen LogP contribution in [0, 0.1) is 0 Å². The summed E-state index contributed by atoms with van der Waals surface area (Å²) in [7, 11) is 1.83. The Balaban J connectivity index is 1.74. The number of hydrogen-bond donors (Lipinski definition) is 3. The Bertz CT molecular complexity index is 444. The van der Waals surface area contributed by atoms with Crippen molar-refractivity contribution in [3.8, 4) is 0 Å². The van der Waals surface area contributed by atoms with Crippen LogP contribution in [-0.4, -0.2) is 44.5 Å². The van der Waals surface area contributed by atoms with E-state index in [9.17, 15) is 0 Å². The molecule has 0 amide bonds. The zero-order chi connectivity index (χ0) is 11.9. The topological polar surface area (TPSA) is 91.4 Å². The summed E-state index contributed by atoms with van der Waals surface area (Å²) in [5.41, 5.74) is 0. The van der Waals surface area contributed by atoms with Crippen molar-refractivity contribution < 1.29 is 0 Å². The Morgan fingerprint density at radius 1 is 1.41 bits per heavy atom. The fraction of sp³-hybridized carbons (Fsp3) is 0.333. The summed E-state index contributed by atoms with van der Waals surface area (Å²) in [4.78, 5) is 12.4. The number of H-pyrrole nitrogens is 1. The number of hydrogen-bond acceptors (Lipinski definition) is 7. The smallest absolute Gasteiger partial charge is 0.224 e. The molecular formula is C9H13N7S. The van der Waals surface area contributed by atoms with Crippen LogP contribution in [0.15, 0.2) is 23.7 Å². The van der Waals surface area contributed by atoms with Crippen LogP contribution in [0.5, 0.6) is 0 Å². The highest BCUT2D eigenvalue weighted by molar-refractivity contribution is 7.99. The maximum atomic E-state index is 4.25. The summed E-state index contributed by atoms with van der Waals surface area (Å²) in [6.45, 7) is 0.762. The van der Waals surface area contributed by atoms with Gasteiger partial charge in [0.25, 0.3) is 0 Å². The summed E-state index contributed by atoms with van der Waals surface area (Å²) in [6, 6.07) is 1.81. The van der Waals surface area contributed by atoms with E-state index in [0.717, 1.165) is 23.3 Å². The molecule has 0 fully saturated rings. The molecule has 0 atom stereocenters. The summed E-state index contributed by atoms with van der Waals surface area (Å²) in [5.74, 6) is 2.28. The van der Waals surface area contributed by atoms with E-state index < -0.39 is 0 Å². The van der Waals surface area contributed by atoms with Gasteiger partial charge in [0.05, 0.1) is 0 Å². The lowest BCUT2D eigenvalue weighted by Gasteiger charge is -2.04. The zero-order valence-electron chi connectivity index (χ0n) is 9.34. The second kappa shape index (κ2) is 6.04. The second-order valence-electron chi connectivity index (χ2n) is 3.08. The van der Waals surface area contributed by atoms with E-state index >= 15 is 0 Å². The lowest BCUT2D eigenvalue weighted by molar-refractivity contribution is 0.971. The molecule has 2 rings (SSSR count). The fourth-order valence-electron chi connectivity index (χ4n) is 1.16. The number of anilines is 2. The van der Waals surface area contributed by atoms with Crippen LogP contribution in [-0.2, 0) is 0 Å². The molecule has 0 aliphatic rings. The number of nitrogens with zero attached hydrogens (tertiary/aromatic N) is 4. The van der Waals surface area contributed by atoms with Crippen molar-refractivity contribution in [2.24, 2.45) is 0 Å². The van der Waals surface area contributed by atoms with Gasteiger partial charge in [-0.05, 0) is 6.07 Å². The van der Waals surface area contributed by atoms with Crippen LogP contribution in [0.3, 0.4) is 0 Å². The number of thioether (sulfide) groups is 1. The van der Waals surface area contributed by atoms with Gasteiger partial charge in [-0.1, -0.05) is 11.8 Å². The first kappa shape index (κ1) is 11.6. The molecule has 90 valence electrons. The maximum absolute atomic E-state index is 4.25. The molecule has 2 aromatic rings. The fourth-order valence-corrected chi connectivity index (χ4v) is 1.79. The molecular weight excluding hydrogens is 238 g/mol. The molecule has 0 aliphatic heterocycles. The predicted octanol–water partition coefficient (Wildman–Crippen LogP) is 0.841. The molecule has 2 aromatic heterocycles. The van der Waals surface area contributed by atoms with Gasteiger partial charge in [-0.3, -0.25) is 5.10 Å². The van der Waals surface area contributed by atoms with Crippen LogP contribution in [0.4, 0.5) is 11.8 Å². The Morgan fingerprint density at radius 3 is 3.12 bits per heavy atom. The van der Waals surface area contributed by atoms with E-state index in [0.29, 0.717) is 5.95 Å². The van der Waals surface area contributed by atoms with Gasteiger partial charge in [-0.25, -0.2) is 9.97 Å². The molecule has 3 N–H and O–H groups in total. The lowest BCUT2D eigenvalue weighted by Crippen LogP contribution is -2.08. The average molecular weight is 251 g/mol. The minimum absolute atomic E-state index is 0.620. The lowest BCUT2D eigenvalue weighted by atomic mass is 10.6. The van der Waals surface area contributed by atoms with Gasteiger partial charge >= 0.3 is 0 Å². The molecule has 0 bridgehead atoms. The van der Waals surface area contributed by atoms with Crippen LogP contribution < -0.4 is 10.6 Å². The van der Waals surface area contributed by atoms with Gasteiger partial charge in [-0.15, -0.1) is 0 Å². The molecule has 0 saturated carbocycles. The third kappa shape index (κ3) is 3.59. The van der Waals surface area contributed by atoms with Crippen LogP contribution >= 0.6 is 11.8 Å². The second-order valence-corrected chi connectivity index (χ2v) is 4.16. The normalized spacial score (nSPS) is 10.2. The predicted molar refractivity (Wildman–Crippen MR) is 67.2 cm³/mol. The number of aromatic nitrogens is 5. The highest BCUT2D eigenvalue weighted by Gasteiger charge is 1.98. The summed E-state index contributed by atoms with van der Waals surface area (Å²) in [6.07, 6.45) is 3.21. The van der Waals surface area contributed by atoms with E-state index in [2.05, 4.69) is 35.8 Å². The van der Waals surface area contributed by atoms with Crippen LogP contribution in [0.1, 0.15) is 0 Å². The Morgan fingerprint density at radius 2 is 2.35 bits per heavy atom. The van der Waals surface area contributed by atoms with Gasteiger partial charge < -0.3 is 10.6 Å². The summed E-state index contributed by atoms with van der Waals surface area (Å²) in [5, 5.41) is 13.5. The van der Waals surface area contributed by atoms with E-state index in [1.165, 1.54) is 6.33 Å². The summed E-state index contributed by atoms with van der Waals surface area (Å²) >= 11 is 1.59. The Labute approximate surface area is 103 Å². The Kier molecular flexibility index (Phi) is 4.14. The molecule has 2 heterocycles. The molecule has 0 saturated heterocycles. The minimum Gasteiger partial charge on any atom is -0.373 e. The quantitative estimate of drug-likeness (QED) is 0.517. The average Bonchev–Trinajstić information content (AvgIpc) is 2.88. The van der Waals surface area contributed by atoms with Crippen molar-refractivity contribution in [1.82, 2.24) is 25.1 Å². The molecule has 0 spiro atoms. The first-order valence-electron chi connectivity index (χ1n) is 5.11. The SMILES string of the molecule is CNc1ccnc(NCCSc2ncn[nH]2)n1. The largest absolute Gasteiger partial charge is 0.373 e. The van der Waals surface area contributed by atoms with Crippen molar-refractivity contribution in [3.05, 3.63) is 18.6 Å². The molecule has 0 unspecified atom stereocenters. The van der Waals surface area contributed by atoms with Crippen molar-refractivity contribution in [2.45, 2.75) is 5.16 Å². The van der Waals surface area contributed by atoms with Crippen molar-refractivity contribution in [2.75, 3.05) is 30.0 Å². The van der Waals surface area contributed by atoms with Gasteiger partial charge in [-0.2, -0.15) is 10.1 Å². The molecule has 0 aromatic carbocycles. The van der Waals surface area contributed by atoms with Gasteiger partial charge in [0, 0.05) is 25.5 Å². The number of aromatic amines is 1. The highest BCUT2D eigenvalue weighted by Crippen LogP contribution is 2.10. The molecule has 7 nitrogen and oxygen atoms in total. The zero-order valence-corrected chi connectivity index (χ0v) is 10.2. The Hall–Kier alpha value is -1.83. The van der Waals surface area contributed by atoms with Gasteiger partial charge in [0.1, 0.15) is 12.1 Å². The van der Waals surface area contributed by atoms with E-state index in [4.69, 9.17) is 0 Å². The molecule has 17 heavy (non-hydrogen) atoms. The first-order valence-corrected chi connectivity index (χ1v) is 6.10. The van der Waals surface area contributed by atoms with E-state index in [1.807, 2.05) is 13.1 Å². The van der Waals surface area contributed by atoms with E-state index in [1.54, 1.807) is 18.0 Å². The van der Waals surface area contributed by atoms with Crippen LogP contribution in [0.2, 0.25) is 0 Å². The minimum atomic E-state index is 0.620. The van der Waals surface area contributed by atoms with Gasteiger partial charge in [0.15, 0.2) is 5.16 Å². The standard InChI is InChI=1S/C9H13N7S/c1-10-7-2-3-11-8(15-7)12-4-5-17-9-13-6-14-16-9/h2-3,6H,4-5H2,1H3,(H,13,14,16)(H2,10,11,12,15). The van der Waals surface area contributed by atoms with Gasteiger partial charge in [0.2, 0.25) is 5.95 Å². The number of nitrogens with one attached hydrogen (secondary N) is 3. The van der Waals surface area contributed by atoms with Crippen molar-refractivity contribution >= 4 is 23.5 Å².